The number of nitrogens with zero attached hydrogens (tertiary/aromatic N) is 2. The molecule has 0 amide bonds. The van der Waals surface area contributed by atoms with Gasteiger partial charge in [0.05, 0.1) is 19.9 Å². The van der Waals surface area contributed by atoms with Crippen molar-refractivity contribution in [2.24, 2.45) is 15.9 Å². The molecule has 0 aliphatic heterocycles. The number of carbonyl (C=O) groups excluding carboxylic acids is 1. The molecule has 0 unspecified atom stereocenters. The summed E-state index contributed by atoms with van der Waals surface area (Å²) in [5.74, 6) is 6.25. The van der Waals surface area contributed by atoms with Crippen LogP contribution in [0.5, 0.6) is 5.75 Å². The van der Waals surface area contributed by atoms with E-state index in [0.29, 0.717) is 11.5 Å². The standard InChI is InChI=1S/C13H17N3O3S/c1-18-11-3-5-12(6-4-11)20-9-10(16-14)7-15-8-13(17)19-2/h3-7H,8-9,14H2,1-2H3. The second kappa shape index (κ2) is 8.98. The van der Waals surface area contributed by atoms with Gasteiger partial charge >= 0.3 is 5.97 Å². The highest BCUT2D eigenvalue weighted by atomic mass is 32.2. The third kappa shape index (κ3) is 5.75. The van der Waals surface area contributed by atoms with Gasteiger partial charge in [-0.3, -0.25) is 9.79 Å². The molecule has 2 N–H and O–H groups in total. The Bertz CT molecular complexity index is 486. The van der Waals surface area contributed by atoms with Gasteiger partial charge < -0.3 is 15.3 Å². The van der Waals surface area contributed by atoms with Crippen molar-refractivity contribution >= 4 is 29.7 Å². The van der Waals surface area contributed by atoms with E-state index in [1.807, 2.05) is 24.3 Å². The highest BCUT2D eigenvalue weighted by molar-refractivity contribution is 8.00. The van der Waals surface area contributed by atoms with Gasteiger partial charge in [-0.2, -0.15) is 5.10 Å². The van der Waals surface area contributed by atoms with Gasteiger partial charge in [-0.1, -0.05) is 0 Å². The van der Waals surface area contributed by atoms with E-state index in [2.05, 4.69) is 14.8 Å². The van der Waals surface area contributed by atoms with E-state index in [4.69, 9.17) is 10.6 Å². The molecule has 108 valence electrons. The zero-order chi connectivity index (χ0) is 14.8. The summed E-state index contributed by atoms with van der Waals surface area (Å²) in [6, 6.07) is 7.66. The summed E-state index contributed by atoms with van der Waals surface area (Å²) < 4.78 is 9.56. The number of esters is 1. The van der Waals surface area contributed by atoms with E-state index in [9.17, 15) is 4.79 Å². The second-order valence-corrected chi connectivity index (χ2v) is 4.68. The van der Waals surface area contributed by atoms with Crippen LogP contribution in [0.3, 0.4) is 0 Å². The molecule has 6 nitrogen and oxygen atoms in total. The highest BCUT2D eigenvalue weighted by Gasteiger charge is 2.01. The molecule has 0 aromatic heterocycles. The van der Waals surface area contributed by atoms with Crippen LogP contribution >= 0.6 is 11.8 Å². The Morgan fingerprint density at radius 2 is 2.05 bits per heavy atom. The molecular weight excluding hydrogens is 278 g/mol. The maximum atomic E-state index is 10.9. The first-order chi connectivity index (χ1) is 9.69. The van der Waals surface area contributed by atoms with E-state index in [1.165, 1.54) is 13.3 Å². The number of carbonyl (C=O) groups is 1. The first-order valence-electron chi connectivity index (χ1n) is 5.80. The molecule has 1 aromatic rings. The first-order valence-corrected chi connectivity index (χ1v) is 6.78. The van der Waals surface area contributed by atoms with Crippen LogP contribution in [0, 0.1) is 0 Å². The van der Waals surface area contributed by atoms with Crippen molar-refractivity contribution in [3.8, 4) is 5.75 Å². The Hall–Kier alpha value is -2.02. The van der Waals surface area contributed by atoms with E-state index < -0.39 is 5.97 Å². The molecule has 1 aromatic carbocycles. The smallest absolute Gasteiger partial charge is 0.327 e. The summed E-state index contributed by atoms with van der Waals surface area (Å²) in [6.07, 6.45) is 1.48. The van der Waals surface area contributed by atoms with Crippen molar-refractivity contribution in [1.29, 1.82) is 0 Å². The van der Waals surface area contributed by atoms with Crippen molar-refractivity contribution in [2.45, 2.75) is 4.90 Å². The average molecular weight is 295 g/mol. The predicted octanol–water partition coefficient (Wildman–Crippen LogP) is 1.35. The van der Waals surface area contributed by atoms with Crippen LogP contribution in [-0.4, -0.2) is 44.4 Å². The third-order valence-electron chi connectivity index (χ3n) is 2.30. The van der Waals surface area contributed by atoms with Crippen LogP contribution in [0.15, 0.2) is 39.3 Å². The monoisotopic (exact) mass is 295 g/mol. The van der Waals surface area contributed by atoms with Crippen LogP contribution in [0.1, 0.15) is 0 Å². The fourth-order valence-electron chi connectivity index (χ4n) is 1.23. The van der Waals surface area contributed by atoms with E-state index in [-0.39, 0.29) is 6.54 Å². The lowest BCUT2D eigenvalue weighted by molar-refractivity contribution is -0.138. The third-order valence-corrected chi connectivity index (χ3v) is 3.35. The molecule has 0 spiro atoms. The quantitative estimate of drug-likeness (QED) is 0.270. The van der Waals surface area contributed by atoms with E-state index in [1.54, 1.807) is 18.9 Å². The zero-order valence-electron chi connectivity index (χ0n) is 11.4. The molecule has 0 aliphatic rings. The van der Waals surface area contributed by atoms with Crippen molar-refractivity contribution in [3.63, 3.8) is 0 Å². The minimum Gasteiger partial charge on any atom is -0.497 e. The Morgan fingerprint density at radius 1 is 1.35 bits per heavy atom. The Labute approximate surface area is 122 Å². The van der Waals surface area contributed by atoms with Gasteiger partial charge in [-0.15, -0.1) is 11.8 Å². The molecule has 0 heterocycles. The van der Waals surface area contributed by atoms with Crippen molar-refractivity contribution in [2.75, 3.05) is 26.5 Å². The van der Waals surface area contributed by atoms with Gasteiger partial charge in [0.25, 0.3) is 0 Å². The van der Waals surface area contributed by atoms with Crippen molar-refractivity contribution in [3.05, 3.63) is 24.3 Å². The lowest BCUT2D eigenvalue weighted by Gasteiger charge is -2.03. The molecule has 7 heteroatoms. The van der Waals surface area contributed by atoms with Gasteiger partial charge in [0.1, 0.15) is 12.3 Å². The lowest BCUT2D eigenvalue weighted by Crippen LogP contribution is -2.10. The molecule has 0 fully saturated rings. The number of ether oxygens (including phenoxy) is 2. The van der Waals surface area contributed by atoms with Gasteiger partial charge in [0, 0.05) is 16.9 Å². The number of aliphatic imine (C=N–C) groups is 1. The minimum atomic E-state index is -0.402. The van der Waals surface area contributed by atoms with Gasteiger partial charge in [-0.25, -0.2) is 0 Å². The van der Waals surface area contributed by atoms with Crippen LogP contribution in [-0.2, 0) is 9.53 Å². The number of hydrazone groups is 1. The Kier molecular flexibility index (Phi) is 7.20. The maximum absolute atomic E-state index is 10.9. The van der Waals surface area contributed by atoms with Crippen LogP contribution in [0.2, 0.25) is 0 Å². The number of rotatable bonds is 7. The summed E-state index contributed by atoms with van der Waals surface area (Å²) in [5, 5.41) is 3.63. The van der Waals surface area contributed by atoms with Crippen LogP contribution in [0.4, 0.5) is 0 Å². The largest absolute Gasteiger partial charge is 0.497 e. The molecule has 1 rings (SSSR count). The number of thioether (sulfide) groups is 1. The molecule has 0 radical (unpaired) electrons. The number of benzene rings is 1. The van der Waals surface area contributed by atoms with E-state index >= 15 is 0 Å². The summed E-state index contributed by atoms with van der Waals surface area (Å²) in [4.78, 5) is 15.9. The first kappa shape index (κ1) is 16.0. The van der Waals surface area contributed by atoms with Crippen molar-refractivity contribution in [1.82, 2.24) is 0 Å². The van der Waals surface area contributed by atoms with Crippen LogP contribution < -0.4 is 10.6 Å². The lowest BCUT2D eigenvalue weighted by atomic mass is 10.3. The SMILES string of the molecule is COC(=O)CN=CC(CSc1ccc(OC)cc1)=NN. The van der Waals surface area contributed by atoms with Crippen molar-refractivity contribution < 1.29 is 14.3 Å². The highest BCUT2D eigenvalue weighted by Crippen LogP contribution is 2.21. The fraction of sp³-hybridized carbons (Fsp3) is 0.308. The number of nitrogens with two attached hydrogens (primary N) is 1. The maximum Gasteiger partial charge on any atom is 0.327 e. The van der Waals surface area contributed by atoms with E-state index in [0.717, 1.165) is 10.6 Å². The summed E-state index contributed by atoms with van der Waals surface area (Å²) in [6.45, 7) is -0.0390. The molecule has 0 atom stereocenters. The number of hydrogen-bond acceptors (Lipinski definition) is 7. The minimum absolute atomic E-state index is 0.0390. The Morgan fingerprint density at radius 3 is 2.60 bits per heavy atom. The summed E-state index contributed by atoms with van der Waals surface area (Å²) in [7, 11) is 2.94. The molecular formula is C13H17N3O3S. The topological polar surface area (TPSA) is 86.3 Å². The second-order valence-electron chi connectivity index (χ2n) is 3.63. The molecule has 0 saturated carbocycles. The van der Waals surface area contributed by atoms with Gasteiger partial charge in [0.15, 0.2) is 0 Å². The molecule has 0 bridgehead atoms. The van der Waals surface area contributed by atoms with Crippen LogP contribution in [0.25, 0.3) is 0 Å². The normalized spacial score (nSPS) is 11.6. The predicted molar refractivity (Wildman–Crippen MR) is 80.7 cm³/mol. The number of methoxy groups -OCH3 is 2. The zero-order valence-corrected chi connectivity index (χ0v) is 12.2. The Balaban J connectivity index is 2.46. The number of hydrogen-bond donors (Lipinski definition) is 1. The fourth-order valence-corrected chi connectivity index (χ4v) is 2.02. The van der Waals surface area contributed by atoms with Gasteiger partial charge in [0.2, 0.25) is 0 Å². The average Bonchev–Trinajstić information content (AvgIpc) is 2.50. The summed E-state index contributed by atoms with van der Waals surface area (Å²) in [5.41, 5.74) is 0.592. The molecule has 20 heavy (non-hydrogen) atoms. The molecule has 0 aliphatic carbocycles. The van der Waals surface area contributed by atoms with Gasteiger partial charge in [-0.05, 0) is 24.3 Å². The summed E-state index contributed by atoms with van der Waals surface area (Å²) >= 11 is 1.56. The molecule has 0 saturated heterocycles.